The first-order valence-corrected chi connectivity index (χ1v) is 9.49. The van der Waals surface area contributed by atoms with E-state index < -0.39 is 11.5 Å². The van der Waals surface area contributed by atoms with Crippen molar-refractivity contribution in [3.05, 3.63) is 75.2 Å². The predicted octanol–water partition coefficient (Wildman–Crippen LogP) is 3.57. The molecule has 1 aliphatic heterocycles. The maximum Gasteiger partial charge on any atom is 0.340 e. The summed E-state index contributed by atoms with van der Waals surface area (Å²) in [6, 6.07) is 11.9. The lowest BCUT2D eigenvalue weighted by Crippen LogP contribution is -2.25. The molecule has 1 N–H and O–H groups in total. The average Bonchev–Trinajstić information content (AvgIpc) is 3.24. The third-order valence-electron chi connectivity index (χ3n) is 4.73. The second kappa shape index (κ2) is 8.08. The largest absolute Gasteiger partial charge is 0.465 e. The van der Waals surface area contributed by atoms with E-state index >= 15 is 0 Å². The zero-order valence-electron chi connectivity index (χ0n) is 16.2. The number of hydrogen-bond acceptors (Lipinski definition) is 7. The van der Waals surface area contributed by atoms with Gasteiger partial charge in [-0.25, -0.2) is 4.79 Å². The van der Waals surface area contributed by atoms with E-state index in [1.54, 1.807) is 24.3 Å². The minimum atomic E-state index is -0.575. The Hall–Kier alpha value is -3.52. The standard InChI is InChI=1S/C21H18ClN3O5/c1-12(13-7-8-17-18(9-13)30-11-29-17)24-15-10-23-25(20(26)19(15)22)16-6-4-3-5-14(16)21(27)28-2/h3-10,12,24H,11H2,1-2H3/t12-/m0/s1. The number of nitrogens with one attached hydrogen (secondary N) is 1. The molecule has 2 heterocycles. The third kappa shape index (κ3) is 3.57. The fourth-order valence-electron chi connectivity index (χ4n) is 3.14. The van der Waals surface area contributed by atoms with Gasteiger partial charge in [0.1, 0.15) is 5.02 Å². The summed E-state index contributed by atoms with van der Waals surface area (Å²) in [7, 11) is 1.27. The SMILES string of the molecule is COC(=O)c1ccccc1-n1ncc(N[C@@H](C)c2ccc3c(c2)OCO3)c(Cl)c1=O. The summed E-state index contributed by atoms with van der Waals surface area (Å²) in [5.41, 5.74) is 1.23. The van der Waals surface area contributed by atoms with Crippen molar-refractivity contribution in [2.45, 2.75) is 13.0 Å². The molecule has 0 saturated carbocycles. The highest BCUT2D eigenvalue weighted by Crippen LogP contribution is 2.35. The molecule has 154 valence electrons. The third-order valence-corrected chi connectivity index (χ3v) is 5.09. The number of hydrogen-bond donors (Lipinski definition) is 1. The van der Waals surface area contributed by atoms with Crippen LogP contribution in [-0.2, 0) is 4.74 Å². The zero-order chi connectivity index (χ0) is 21.3. The van der Waals surface area contributed by atoms with E-state index in [1.165, 1.54) is 13.3 Å². The summed E-state index contributed by atoms with van der Waals surface area (Å²) in [6.07, 6.45) is 1.45. The number of esters is 1. The van der Waals surface area contributed by atoms with Crippen LogP contribution in [0.3, 0.4) is 0 Å². The maximum absolute atomic E-state index is 12.9. The minimum Gasteiger partial charge on any atom is -0.465 e. The fraction of sp³-hybridized carbons (Fsp3) is 0.190. The molecule has 1 atom stereocenters. The van der Waals surface area contributed by atoms with Crippen LogP contribution in [0.1, 0.15) is 28.9 Å². The second-order valence-electron chi connectivity index (χ2n) is 6.58. The van der Waals surface area contributed by atoms with Crippen molar-refractivity contribution >= 4 is 23.3 Å². The fourth-order valence-corrected chi connectivity index (χ4v) is 3.33. The Balaban J connectivity index is 1.64. The molecule has 3 aromatic rings. The molecule has 8 nitrogen and oxygen atoms in total. The maximum atomic E-state index is 12.9. The van der Waals surface area contributed by atoms with Gasteiger partial charge in [-0.15, -0.1) is 0 Å². The molecule has 30 heavy (non-hydrogen) atoms. The summed E-state index contributed by atoms with van der Waals surface area (Å²) in [5.74, 6) is 0.784. The monoisotopic (exact) mass is 427 g/mol. The number of anilines is 1. The molecular weight excluding hydrogens is 410 g/mol. The Morgan fingerprint density at radius 3 is 2.80 bits per heavy atom. The van der Waals surface area contributed by atoms with E-state index in [9.17, 15) is 9.59 Å². The van der Waals surface area contributed by atoms with E-state index in [2.05, 4.69) is 10.4 Å². The van der Waals surface area contributed by atoms with E-state index in [0.29, 0.717) is 17.2 Å². The number of aromatic nitrogens is 2. The van der Waals surface area contributed by atoms with Gasteiger partial charge in [-0.2, -0.15) is 9.78 Å². The normalized spacial score (nSPS) is 13.0. The number of carbonyl (C=O) groups is 1. The van der Waals surface area contributed by atoms with Gasteiger partial charge in [-0.05, 0) is 36.8 Å². The number of benzene rings is 2. The van der Waals surface area contributed by atoms with Crippen molar-refractivity contribution in [2.24, 2.45) is 0 Å². The highest BCUT2D eigenvalue weighted by molar-refractivity contribution is 6.33. The van der Waals surface area contributed by atoms with Gasteiger partial charge in [-0.1, -0.05) is 29.8 Å². The molecule has 0 aliphatic carbocycles. The van der Waals surface area contributed by atoms with Crippen LogP contribution in [-0.4, -0.2) is 29.7 Å². The van der Waals surface area contributed by atoms with Crippen LogP contribution < -0.4 is 20.3 Å². The van der Waals surface area contributed by atoms with Crippen molar-refractivity contribution in [1.29, 1.82) is 0 Å². The number of fused-ring (bicyclic) bond motifs is 1. The van der Waals surface area contributed by atoms with E-state index in [0.717, 1.165) is 10.2 Å². The first kappa shape index (κ1) is 19.8. The molecule has 4 rings (SSSR count). The summed E-state index contributed by atoms with van der Waals surface area (Å²) >= 11 is 6.34. The van der Waals surface area contributed by atoms with Crippen LogP contribution in [0.5, 0.6) is 11.5 Å². The van der Waals surface area contributed by atoms with Gasteiger partial charge < -0.3 is 19.5 Å². The second-order valence-corrected chi connectivity index (χ2v) is 6.95. The van der Waals surface area contributed by atoms with Crippen LogP contribution in [0.15, 0.2) is 53.5 Å². The smallest absolute Gasteiger partial charge is 0.340 e. The molecule has 1 aliphatic rings. The van der Waals surface area contributed by atoms with Crippen molar-refractivity contribution in [1.82, 2.24) is 9.78 Å². The molecule has 0 spiro atoms. The van der Waals surface area contributed by atoms with Gasteiger partial charge in [0.2, 0.25) is 6.79 Å². The molecular formula is C21H18ClN3O5. The number of carbonyl (C=O) groups excluding carboxylic acids is 1. The summed E-state index contributed by atoms with van der Waals surface area (Å²) < 4.78 is 16.6. The molecule has 0 saturated heterocycles. The highest BCUT2D eigenvalue weighted by Gasteiger charge is 2.19. The number of ether oxygens (including phenoxy) is 3. The van der Waals surface area contributed by atoms with Gasteiger partial charge in [0.05, 0.1) is 30.2 Å². The summed E-state index contributed by atoms with van der Waals surface area (Å²) in [4.78, 5) is 24.9. The molecule has 0 amide bonds. The number of halogens is 1. The van der Waals surface area contributed by atoms with Gasteiger partial charge in [0.15, 0.2) is 11.5 Å². The van der Waals surface area contributed by atoms with Crippen LogP contribution >= 0.6 is 11.6 Å². The molecule has 0 bridgehead atoms. The number of methoxy groups -OCH3 is 1. The van der Waals surface area contributed by atoms with Crippen LogP contribution in [0, 0.1) is 0 Å². The Morgan fingerprint density at radius 1 is 1.23 bits per heavy atom. The molecule has 0 unspecified atom stereocenters. The topological polar surface area (TPSA) is 91.7 Å². The van der Waals surface area contributed by atoms with E-state index in [1.807, 2.05) is 25.1 Å². The lowest BCUT2D eigenvalue weighted by atomic mass is 10.1. The van der Waals surface area contributed by atoms with Crippen LogP contribution in [0.2, 0.25) is 5.02 Å². The lowest BCUT2D eigenvalue weighted by Gasteiger charge is -2.17. The van der Waals surface area contributed by atoms with Gasteiger partial charge in [-0.3, -0.25) is 4.79 Å². The number of nitrogens with zero attached hydrogens (tertiary/aromatic N) is 2. The van der Waals surface area contributed by atoms with Gasteiger partial charge >= 0.3 is 5.97 Å². The summed E-state index contributed by atoms with van der Waals surface area (Å²) in [5, 5.41) is 7.34. The Bertz CT molecular complexity index is 1180. The molecule has 2 aromatic carbocycles. The first-order valence-electron chi connectivity index (χ1n) is 9.11. The summed E-state index contributed by atoms with van der Waals surface area (Å²) in [6.45, 7) is 2.12. The van der Waals surface area contributed by atoms with E-state index in [-0.39, 0.29) is 29.1 Å². The van der Waals surface area contributed by atoms with Crippen molar-refractivity contribution < 1.29 is 19.0 Å². The lowest BCUT2D eigenvalue weighted by molar-refractivity contribution is 0.0600. The zero-order valence-corrected chi connectivity index (χ0v) is 17.0. The predicted molar refractivity (Wildman–Crippen MR) is 111 cm³/mol. The van der Waals surface area contributed by atoms with Gasteiger partial charge in [0.25, 0.3) is 5.56 Å². The Labute approximate surface area is 176 Å². The minimum absolute atomic E-state index is 0.0442. The van der Waals surface area contributed by atoms with Crippen LogP contribution in [0.25, 0.3) is 5.69 Å². The molecule has 9 heteroatoms. The highest BCUT2D eigenvalue weighted by atomic mass is 35.5. The first-order chi connectivity index (χ1) is 14.5. The van der Waals surface area contributed by atoms with Crippen molar-refractivity contribution in [3.63, 3.8) is 0 Å². The molecule has 0 radical (unpaired) electrons. The average molecular weight is 428 g/mol. The number of rotatable bonds is 5. The van der Waals surface area contributed by atoms with Gasteiger partial charge in [0, 0.05) is 6.04 Å². The molecule has 1 aromatic heterocycles. The Kier molecular flexibility index (Phi) is 5.33. The van der Waals surface area contributed by atoms with E-state index in [4.69, 9.17) is 25.8 Å². The van der Waals surface area contributed by atoms with Crippen molar-refractivity contribution in [2.75, 3.05) is 19.2 Å². The van der Waals surface area contributed by atoms with Crippen molar-refractivity contribution in [3.8, 4) is 17.2 Å². The van der Waals surface area contributed by atoms with Crippen LogP contribution in [0.4, 0.5) is 5.69 Å². The number of para-hydroxylation sites is 1. The Morgan fingerprint density at radius 2 is 2.00 bits per heavy atom. The molecule has 0 fully saturated rings. The quantitative estimate of drug-likeness (QED) is 0.622.